The van der Waals surface area contributed by atoms with E-state index in [9.17, 15) is 13.2 Å². The normalized spacial score (nSPS) is 12.0. The molecule has 0 aliphatic carbocycles. The number of hydrogen-bond donors (Lipinski definition) is 2. The summed E-state index contributed by atoms with van der Waals surface area (Å²) >= 11 is 0. The number of aryl methyl sites for hydroxylation is 1. The van der Waals surface area contributed by atoms with Crippen LogP contribution in [0.15, 0.2) is 77.7 Å². The van der Waals surface area contributed by atoms with Crippen LogP contribution in [-0.2, 0) is 14.8 Å². The average molecular weight is 441 g/mol. The molecule has 0 aliphatic heterocycles. The number of hydrogen-bond acceptors (Lipinski definition) is 5. The average Bonchev–Trinajstić information content (AvgIpc) is 2.74. The van der Waals surface area contributed by atoms with E-state index in [-0.39, 0.29) is 10.8 Å². The maximum Gasteiger partial charge on any atom is 0.265 e. The van der Waals surface area contributed by atoms with E-state index in [1.54, 1.807) is 56.5 Å². The van der Waals surface area contributed by atoms with Crippen molar-refractivity contribution in [3.05, 3.63) is 78.4 Å². The SMILES string of the molecule is COc1ccc(O[C@H](C)C(=O)Nc2ccc(S(=O)(=O)Nc3cccc(C)c3)cc2)cc1. The summed E-state index contributed by atoms with van der Waals surface area (Å²) in [6, 6.07) is 19.9. The Hall–Kier alpha value is -3.52. The van der Waals surface area contributed by atoms with Gasteiger partial charge in [-0.05, 0) is 80.1 Å². The van der Waals surface area contributed by atoms with Crippen LogP contribution in [0.3, 0.4) is 0 Å². The van der Waals surface area contributed by atoms with E-state index in [0.29, 0.717) is 22.9 Å². The molecule has 0 radical (unpaired) electrons. The third kappa shape index (κ3) is 5.99. The highest BCUT2D eigenvalue weighted by molar-refractivity contribution is 7.92. The quantitative estimate of drug-likeness (QED) is 0.547. The maximum atomic E-state index is 12.6. The summed E-state index contributed by atoms with van der Waals surface area (Å²) in [6.45, 7) is 3.51. The van der Waals surface area contributed by atoms with Crippen LogP contribution in [0, 0.1) is 6.92 Å². The van der Waals surface area contributed by atoms with Crippen LogP contribution in [0.5, 0.6) is 11.5 Å². The molecule has 0 bridgehead atoms. The molecular formula is C23H24N2O5S. The topological polar surface area (TPSA) is 93.7 Å². The van der Waals surface area contributed by atoms with Crippen LogP contribution >= 0.6 is 0 Å². The molecule has 0 spiro atoms. The van der Waals surface area contributed by atoms with Gasteiger partial charge in [0.1, 0.15) is 11.5 Å². The third-order valence-corrected chi connectivity index (χ3v) is 5.84. The van der Waals surface area contributed by atoms with Crippen LogP contribution in [0.4, 0.5) is 11.4 Å². The number of methoxy groups -OCH3 is 1. The number of anilines is 2. The fourth-order valence-corrected chi connectivity index (χ4v) is 3.85. The van der Waals surface area contributed by atoms with Crippen molar-refractivity contribution >= 4 is 27.3 Å². The lowest BCUT2D eigenvalue weighted by Gasteiger charge is -2.15. The summed E-state index contributed by atoms with van der Waals surface area (Å²) in [6.07, 6.45) is -0.750. The van der Waals surface area contributed by atoms with Crippen LogP contribution in [0.25, 0.3) is 0 Å². The first-order valence-electron chi connectivity index (χ1n) is 9.58. The highest BCUT2D eigenvalue weighted by Crippen LogP contribution is 2.21. The third-order valence-electron chi connectivity index (χ3n) is 4.44. The predicted molar refractivity (Wildman–Crippen MR) is 120 cm³/mol. The van der Waals surface area contributed by atoms with Gasteiger partial charge in [0.2, 0.25) is 0 Å². The Morgan fingerprint density at radius 3 is 2.16 bits per heavy atom. The molecule has 3 aromatic carbocycles. The van der Waals surface area contributed by atoms with E-state index in [4.69, 9.17) is 9.47 Å². The van der Waals surface area contributed by atoms with Gasteiger partial charge in [0.25, 0.3) is 15.9 Å². The Labute approximate surface area is 182 Å². The van der Waals surface area contributed by atoms with Crippen molar-refractivity contribution in [3.63, 3.8) is 0 Å². The summed E-state index contributed by atoms with van der Waals surface area (Å²) in [4.78, 5) is 12.5. The molecule has 0 saturated heterocycles. The molecule has 0 heterocycles. The van der Waals surface area contributed by atoms with Crippen LogP contribution in [0.2, 0.25) is 0 Å². The molecule has 8 heteroatoms. The van der Waals surface area contributed by atoms with Gasteiger partial charge in [0, 0.05) is 11.4 Å². The summed E-state index contributed by atoms with van der Waals surface area (Å²) in [5.74, 6) is 0.868. The number of rotatable bonds is 8. The molecule has 2 N–H and O–H groups in total. The standard InChI is InChI=1S/C23H24N2O5S/c1-16-5-4-6-19(15-16)25-31(27,28)22-13-7-18(8-14-22)24-23(26)17(2)30-21-11-9-20(29-3)10-12-21/h4-15,17,25H,1-3H3,(H,24,26)/t17-/m1/s1. The van der Waals surface area contributed by atoms with Gasteiger partial charge in [-0.2, -0.15) is 0 Å². The van der Waals surface area contributed by atoms with Gasteiger partial charge < -0.3 is 14.8 Å². The maximum absolute atomic E-state index is 12.6. The summed E-state index contributed by atoms with van der Waals surface area (Å²) in [7, 11) is -2.17. The van der Waals surface area contributed by atoms with E-state index in [1.807, 2.05) is 13.0 Å². The number of amides is 1. The molecule has 0 fully saturated rings. The minimum atomic E-state index is -3.74. The molecule has 31 heavy (non-hydrogen) atoms. The molecule has 162 valence electrons. The van der Waals surface area contributed by atoms with Gasteiger partial charge in [-0.1, -0.05) is 12.1 Å². The van der Waals surface area contributed by atoms with Crippen molar-refractivity contribution in [3.8, 4) is 11.5 Å². The van der Waals surface area contributed by atoms with Gasteiger partial charge in [0.05, 0.1) is 12.0 Å². The smallest absolute Gasteiger partial charge is 0.265 e. The van der Waals surface area contributed by atoms with Gasteiger partial charge >= 0.3 is 0 Å². The van der Waals surface area contributed by atoms with E-state index in [1.165, 1.54) is 24.3 Å². The first kappa shape index (κ1) is 22.2. The summed E-state index contributed by atoms with van der Waals surface area (Å²) < 4.78 is 38.4. The number of carbonyl (C=O) groups is 1. The second-order valence-electron chi connectivity index (χ2n) is 6.92. The first-order chi connectivity index (χ1) is 14.8. The predicted octanol–water partition coefficient (Wildman–Crippen LogP) is 4.21. The Balaban J connectivity index is 1.61. The van der Waals surface area contributed by atoms with Crippen molar-refractivity contribution in [2.45, 2.75) is 24.8 Å². The van der Waals surface area contributed by atoms with Crippen LogP contribution < -0.4 is 19.5 Å². The zero-order valence-corrected chi connectivity index (χ0v) is 18.3. The molecule has 3 rings (SSSR count). The highest BCUT2D eigenvalue weighted by atomic mass is 32.2. The molecule has 1 amide bonds. The zero-order chi connectivity index (χ0) is 22.4. The molecule has 0 aromatic heterocycles. The number of nitrogens with one attached hydrogen (secondary N) is 2. The van der Waals surface area contributed by atoms with E-state index in [2.05, 4.69) is 10.0 Å². The molecule has 7 nitrogen and oxygen atoms in total. The molecule has 3 aromatic rings. The lowest BCUT2D eigenvalue weighted by molar-refractivity contribution is -0.122. The van der Waals surface area contributed by atoms with Crippen molar-refractivity contribution in [1.82, 2.24) is 0 Å². The number of benzene rings is 3. The lowest BCUT2D eigenvalue weighted by Crippen LogP contribution is -2.30. The first-order valence-corrected chi connectivity index (χ1v) is 11.1. The van der Waals surface area contributed by atoms with Gasteiger partial charge in [0.15, 0.2) is 6.10 Å². The number of ether oxygens (including phenoxy) is 2. The van der Waals surface area contributed by atoms with Crippen LogP contribution in [-0.4, -0.2) is 27.5 Å². The van der Waals surface area contributed by atoms with Crippen molar-refractivity contribution < 1.29 is 22.7 Å². The fourth-order valence-electron chi connectivity index (χ4n) is 2.80. The molecule has 0 aliphatic rings. The minimum absolute atomic E-state index is 0.0922. The zero-order valence-electron chi connectivity index (χ0n) is 17.5. The van der Waals surface area contributed by atoms with E-state index in [0.717, 1.165) is 5.56 Å². The Morgan fingerprint density at radius 1 is 0.903 bits per heavy atom. The van der Waals surface area contributed by atoms with Gasteiger partial charge in [-0.3, -0.25) is 9.52 Å². The largest absolute Gasteiger partial charge is 0.497 e. The Morgan fingerprint density at radius 2 is 1.55 bits per heavy atom. The lowest BCUT2D eigenvalue weighted by atomic mass is 10.2. The monoisotopic (exact) mass is 440 g/mol. The second-order valence-corrected chi connectivity index (χ2v) is 8.61. The molecule has 0 saturated carbocycles. The van der Waals surface area contributed by atoms with Crippen molar-refractivity contribution in [1.29, 1.82) is 0 Å². The summed E-state index contributed by atoms with van der Waals surface area (Å²) in [5, 5.41) is 2.72. The molecule has 0 unspecified atom stereocenters. The fraction of sp³-hybridized carbons (Fsp3) is 0.174. The molecular weight excluding hydrogens is 416 g/mol. The number of sulfonamides is 1. The summed E-state index contributed by atoms with van der Waals surface area (Å²) in [5.41, 5.74) is 1.90. The van der Waals surface area contributed by atoms with Crippen molar-refractivity contribution in [2.24, 2.45) is 0 Å². The second kappa shape index (κ2) is 9.53. The van der Waals surface area contributed by atoms with Crippen molar-refractivity contribution in [2.75, 3.05) is 17.1 Å². The number of carbonyl (C=O) groups excluding carboxylic acids is 1. The highest BCUT2D eigenvalue weighted by Gasteiger charge is 2.17. The molecule has 1 atom stereocenters. The van der Waals surface area contributed by atoms with E-state index >= 15 is 0 Å². The van der Waals surface area contributed by atoms with Gasteiger partial charge in [-0.25, -0.2) is 8.42 Å². The van der Waals surface area contributed by atoms with E-state index < -0.39 is 16.1 Å². The Bertz CT molecular complexity index is 1140. The van der Waals surface area contributed by atoms with Gasteiger partial charge in [-0.15, -0.1) is 0 Å². The Kier molecular flexibility index (Phi) is 6.81. The minimum Gasteiger partial charge on any atom is -0.497 e. The van der Waals surface area contributed by atoms with Crippen LogP contribution in [0.1, 0.15) is 12.5 Å².